The number of amides is 1. The number of ether oxygens (including phenoxy) is 1. The van der Waals surface area contributed by atoms with Crippen LogP contribution in [0.25, 0.3) is 0 Å². The van der Waals surface area contributed by atoms with Crippen LogP contribution < -0.4 is 5.32 Å². The predicted molar refractivity (Wildman–Crippen MR) is 87.4 cm³/mol. The molecule has 8 nitrogen and oxygen atoms in total. The highest BCUT2D eigenvalue weighted by Crippen LogP contribution is 2.47. The minimum absolute atomic E-state index is 0.156. The van der Waals surface area contributed by atoms with Gasteiger partial charge in [-0.05, 0) is 20.8 Å². The number of aromatic nitrogens is 2. The summed E-state index contributed by atoms with van der Waals surface area (Å²) < 4.78 is 71.0. The molecule has 1 unspecified atom stereocenters. The number of rotatable bonds is 2. The van der Waals surface area contributed by atoms with Crippen LogP contribution in [0.15, 0.2) is 11.1 Å². The highest BCUT2D eigenvalue weighted by atomic mass is 32.2. The Balaban J connectivity index is 1.98. The molecule has 2 aliphatic heterocycles. The molecule has 1 amide bonds. The maximum absolute atomic E-state index is 13.2. The molecule has 0 radical (unpaired) electrons. The number of aryl methyl sites for hydroxylation is 1. The fraction of sp³-hybridized carbons (Fsp3) is 0.733. The molecule has 152 valence electrons. The van der Waals surface area contributed by atoms with E-state index in [9.17, 15) is 26.4 Å². The summed E-state index contributed by atoms with van der Waals surface area (Å²) in [5, 5.41) is 4.34. The lowest BCUT2D eigenvalue weighted by atomic mass is 9.74. The monoisotopic (exact) mass is 410 g/mol. The first-order chi connectivity index (χ1) is 12.2. The molecule has 2 aliphatic rings. The second-order valence-electron chi connectivity index (χ2n) is 7.96. The van der Waals surface area contributed by atoms with Crippen LogP contribution in [-0.2, 0) is 27.8 Å². The zero-order chi connectivity index (χ0) is 20.4. The van der Waals surface area contributed by atoms with E-state index >= 15 is 0 Å². The lowest BCUT2D eigenvalue weighted by Crippen LogP contribution is -2.79. The Morgan fingerprint density at radius 2 is 1.93 bits per heavy atom. The first-order valence-electron chi connectivity index (χ1n) is 8.23. The van der Waals surface area contributed by atoms with Gasteiger partial charge in [-0.3, -0.25) is 9.58 Å². The molecule has 2 saturated heterocycles. The average molecular weight is 410 g/mol. The fourth-order valence-corrected chi connectivity index (χ4v) is 5.71. The molecule has 27 heavy (non-hydrogen) atoms. The van der Waals surface area contributed by atoms with Crippen LogP contribution in [0.3, 0.4) is 0 Å². The molecule has 3 heterocycles. The van der Waals surface area contributed by atoms with Crippen LogP contribution in [0, 0.1) is 5.41 Å². The topological polar surface area (TPSA) is 93.5 Å². The summed E-state index contributed by atoms with van der Waals surface area (Å²) in [5.41, 5.74) is -2.87. The van der Waals surface area contributed by atoms with Crippen LogP contribution >= 0.6 is 0 Å². The van der Waals surface area contributed by atoms with Crippen molar-refractivity contribution in [2.75, 3.05) is 19.6 Å². The van der Waals surface area contributed by atoms with Gasteiger partial charge in [0.25, 0.3) is 0 Å². The third-order valence-electron chi connectivity index (χ3n) is 4.59. The third kappa shape index (κ3) is 3.28. The van der Waals surface area contributed by atoms with Crippen LogP contribution in [0.2, 0.25) is 0 Å². The molecule has 2 fully saturated rings. The van der Waals surface area contributed by atoms with Crippen molar-refractivity contribution in [1.82, 2.24) is 20.0 Å². The maximum Gasteiger partial charge on any atom is 0.435 e. The molecule has 1 aromatic heterocycles. The molecule has 0 aliphatic carbocycles. The Morgan fingerprint density at radius 1 is 1.33 bits per heavy atom. The normalized spacial score (nSPS) is 22.3. The second-order valence-corrected chi connectivity index (χ2v) is 9.92. The fourth-order valence-electron chi connectivity index (χ4n) is 3.40. The van der Waals surface area contributed by atoms with Gasteiger partial charge >= 0.3 is 12.3 Å². The number of carbonyl (C=O) groups is 1. The van der Waals surface area contributed by atoms with Gasteiger partial charge in [-0.2, -0.15) is 18.3 Å². The number of hydrogen-bond acceptors (Lipinski definition) is 6. The summed E-state index contributed by atoms with van der Waals surface area (Å²) in [6, 6.07) is 0.501. The van der Waals surface area contributed by atoms with Gasteiger partial charge in [0.1, 0.15) is 5.60 Å². The second kappa shape index (κ2) is 5.84. The minimum atomic E-state index is -4.77. The third-order valence-corrected chi connectivity index (χ3v) is 6.89. The van der Waals surface area contributed by atoms with Crippen molar-refractivity contribution >= 4 is 15.9 Å². The van der Waals surface area contributed by atoms with E-state index in [4.69, 9.17) is 4.74 Å². The number of nitrogens with zero attached hydrogens (tertiary/aromatic N) is 3. The van der Waals surface area contributed by atoms with E-state index in [0.29, 0.717) is 23.8 Å². The van der Waals surface area contributed by atoms with E-state index in [0.717, 1.165) is 11.9 Å². The minimum Gasteiger partial charge on any atom is -0.444 e. The van der Waals surface area contributed by atoms with Crippen molar-refractivity contribution in [2.24, 2.45) is 12.5 Å². The van der Waals surface area contributed by atoms with Crippen molar-refractivity contribution in [1.29, 1.82) is 0 Å². The van der Waals surface area contributed by atoms with Crippen LogP contribution in [-0.4, -0.2) is 59.8 Å². The van der Waals surface area contributed by atoms with Crippen LogP contribution in [0.1, 0.15) is 26.5 Å². The summed E-state index contributed by atoms with van der Waals surface area (Å²) in [6.45, 7) is 5.78. The first kappa shape index (κ1) is 19.9. The Kier molecular flexibility index (Phi) is 4.31. The summed E-state index contributed by atoms with van der Waals surface area (Å²) in [7, 11) is -3.18. The van der Waals surface area contributed by atoms with Crippen LogP contribution in [0.5, 0.6) is 0 Å². The van der Waals surface area contributed by atoms with Crippen LogP contribution in [0.4, 0.5) is 18.0 Å². The van der Waals surface area contributed by atoms with Gasteiger partial charge < -0.3 is 10.1 Å². The number of alkyl halides is 3. The summed E-state index contributed by atoms with van der Waals surface area (Å²) in [5.74, 6) is 0. The van der Waals surface area contributed by atoms with E-state index in [1.54, 1.807) is 20.8 Å². The highest BCUT2D eigenvalue weighted by Gasteiger charge is 2.65. The Labute approximate surface area is 154 Å². The summed E-state index contributed by atoms with van der Waals surface area (Å²) in [6.07, 6.45) is -5.59. The van der Waals surface area contributed by atoms with E-state index < -0.39 is 49.2 Å². The highest BCUT2D eigenvalue weighted by molar-refractivity contribution is 7.92. The standard InChI is InChI=1S/C15H21F3N4O4S/c1-13(2,3)26-12(23)22-8-14(6-19-7-14)11(22)27(24,25)10-5-9(15(16,17)18)20-21(10)4/h5,11,19H,6-8H2,1-4H3. The average Bonchev–Trinajstić information content (AvgIpc) is 2.75. The molecule has 1 aromatic rings. The molecule has 0 aromatic carbocycles. The summed E-state index contributed by atoms with van der Waals surface area (Å²) >= 11 is 0. The van der Waals surface area contributed by atoms with E-state index in [-0.39, 0.29) is 6.54 Å². The van der Waals surface area contributed by atoms with Crippen molar-refractivity contribution in [2.45, 2.75) is 42.9 Å². The zero-order valence-electron chi connectivity index (χ0n) is 15.3. The van der Waals surface area contributed by atoms with Gasteiger partial charge in [0.2, 0.25) is 9.84 Å². The molecule has 3 rings (SSSR count). The zero-order valence-corrected chi connectivity index (χ0v) is 16.1. The SMILES string of the molecule is Cn1nc(C(F)(F)F)cc1S(=O)(=O)C1N(C(=O)OC(C)(C)C)CC12CNC2. The molecule has 0 saturated carbocycles. The lowest BCUT2D eigenvalue weighted by Gasteiger charge is -2.60. The van der Waals surface area contributed by atoms with E-state index in [1.807, 2.05) is 0 Å². The maximum atomic E-state index is 13.2. The Hall–Kier alpha value is -1.82. The van der Waals surface area contributed by atoms with Gasteiger partial charge in [-0.25, -0.2) is 13.2 Å². The largest absolute Gasteiger partial charge is 0.444 e. The molecule has 1 atom stereocenters. The number of sulfone groups is 1. The smallest absolute Gasteiger partial charge is 0.435 e. The Bertz CT molecular complexity index is 869. The van der Waals surface area contributed by atoms with Crippen molar-refractivity contribution in [3.05, 3.63) is 11.8 Å². The van der Waals surface area contributed by atoms with Gasteiger partial charge in [-0.1, -0.05) is 0 Å². The van der Waals surface area contributed by atoms with Crippen molar-refractivity contribution < 1.29 is 31.1 Å². The quantitative estimate of drug-likeness (QED) is 0.792. The van der Waals surface area contributed by atoms with Gasteiger partial charge in [0.05, 0.1) is 0 Å². The lowest BCUT2D eigenvalue weighted by molar-refractivity contribution is -0.141. The van der Waals surface area contributed by atoms with Gasteiger partial charge in [0, 0.05) is 38.2 Å². The predicted octanol–water partition coefficient (Wildman–Crippen LogP) is 1.38. The number of halogens is 3. The van der Waals surface area contributed by atoms with E-state index in [2.05, 4.69) is 10.4 Å². The Morgan fingerprint density at radius 3 is 2.33 bits per heavy atom. The van der Waals surface area contributed by atoms with Gasteiger partial charge in [0.15, 0.2) is 16.1 Å². The number of nitrogens with one attached hydrogen (secondary N) is 1. The van der Waals surface area contributed by atoms with Gasteiger partial charge in [-0.15, -0.1) is 0 Å². The number of likely N-dealkylation sites (tertiary alicyclic amines) is 1. The van der Waals surface area contributed by atoms with Crippen molar-refractivity contribution in [3.8, 4) is 0 Å². The molecule has 1 N–H and O–H groups in total. The first-order valence-corrected chi connectivity index (χ1v) is 9.78. The molecule has 1 spiro atoms. The van der Waals surface area contributed by atoms with Crippen molar-refractivity contribution in [3.63, 3.8) is 0 Å². The number of carbonyl (C=O) groups excluding carboxylic acids is 1. The molecule has 0 bridgehead atoms. The molecular weight excluding hydrogens is 389 g/mol. The number of hydrogen-bond donors (Lipinski definition) is 1. The van der Waals surface area contributed by atoms with E-state index in [1.165, 1.54) is 0 Å². The summed E-state index contributed by atoms with van der Waals surface area (Å²) in [4.78, 5) is 13.5. The molecule has 12 heteroatoms. The molecular formula is C15H21F3N4O4S.